The SMILES string of the molecule is Cc1ccccc1C(=O)NCCC(=O)Nc1ccc(S(=O)(=O)C(F)F)cc1. The van der Waals surface area contributed by atoms with E-state index in [-0.39, 0.29) is 24.6 Å². The summed E-state index contributed by atoms with van der Waals surface area (Å²) in [7, 11) is -4.67. The minimum atomic E-state index is -4.67. The largest absolute Gasteiger partial charge is 0.352 e. The van der Waals surface area contributed by atoms with Crippen molar-refractivity contribution in [2.45, 2.75) is 24.0 Å². The maximum Gasteiger partial charge on any atom is 0.341 e. The number of halogens is 2. The molecule has 0 aliphatic carbocycles. The first-order valence-corrected chi connectivity index (χ1v) is 9.52. The number of hydrogen-bond acceptors (Lipinski definition) is 4. The van der Waals surface area contributed by atoms with Crippen molar-refractivity contribution in [2.24, 2.45) is 0 Å². The molecule has 2 rings (SSSR count). The average Bonchev–Trinajstić information content (AvgIpc) is 2.62. The normalized spacial score (nSPS) is 11.3. The molecule has 6 nitrogen and oxygen atoms in total. The molecular weight excluding hydrogens is 378 g/mol. The zero-order valence-electron chi connectivity index (χ0n) is 14.4. The van der Waals surface area contributed by atoms with Gasteiger partial charge in [-0.15, -0.1) is 0 Å². The van der Waals surface area contributed by atoms with Gasteiger partial charge in [0.15, 0.2) is 0 Å². The monoisotopic (exact) mass is 396 g/mol. The van der Waals surface area contributed by atoms with Gasteiger partial charge in [-0.1, -0.05) is 18.2 Å². The quantitative estimate of drug-likeness (QED) is 0.753. The Kier molecular flexibility index (Phi) is 6.62. The topological polar surface area (TPSA) is 92.3 Å². The lowest BCUT2D eigenvalue weighted by Gasteiger charge is -2.09. The van der Waals surface area contributed by atoms with Crippen LogP contribution in [0.25, 0.3) is 0 Å². The first-order valence-electron chi connectivity index (χ1n) is 7.97. The summed E-state index contributed by atoms with van der Waals surface area (Å²) in [4.78, 5) is 23.4. The Morgan fingerprint density at radius 2 is 1.67 bits per heavy atom. The molecule has 27 heavy (non-hydrogen) atoms. The molecule has 0 aliphatic rings. The zero-order valence-corrected chi connectivity index (χ0v) is 15.2. The van der Waals surface area contributed by atoms with E-state index in [1.807, 2.05) is 6.07 Å². The predicted octanol–water partition coefficient (Wildman–Crippen LogP) is 2.75. The van der Waals surface area contributed by atoms with E-state index in [0.717, 1.165) is 17.7 Å². The summed E-state index contributed by atoms with van der Waals surface area (Å²) in [5, 5.41) is 5.14. The maximum atomic E-state index is 12.5. The molecule has 0 saturated carbocycles. The van der Waals surface area contributed by atoms with Crippen LogP contribution in [-0.4, -0.2) is 32.5 Å². The molecule has 0 aliphatic heterocycles. The van der Waals surface area contributed by atoms with Crippen molar-refractivity contribution >= 4 is 27.3 Å². The molecule has 2 aromatic rings. The summed E-state index contributed by atoms with van der Waals surface area (Å²) in [5.74, 6) is -4.21. The first-order chi connectivity index (χ1) is 12.7. The number of amides is 2. The van der Waals surface area contributed by atoms with Gasteiger partial charge in [-0.25, -0.2) is 8.42 Å². The lowest BCUT2D eigenvalue weighted by Crippen LogP contribution is -2.28. The van der Waals surface area contributed by atoms with Gasteiger partial charge in [0.25, 0.3) is 5.91 Å². The number of carbonyl (C=O) groups is 2. The van der Waals surface area contributed by atoms with Crippen LogP contribution in [0.2, 0.25) is 0 Å². The van der Waals surface area contributed by atoms with Crippen molar-refractivity contribution in [1.82, 2.24) is 5.32 Å². The van der Waals surface area contributed by atoms with Gasteiger partial charge in [0.1, 0.15) is 0 Å². The Labute approximate surface area is 155 Å². The molecule has 2 amide bonds. The zero-order chi connectivity index (χ0) is 20.0. The number of nitrogens with one attached hydrogen (secondary N) is 2. The molecule has 0 fully saturated rings. The van der Waals surface area contributed by atoms with E-state index in [1.165, 1.54) is 12.1 Å². The summed E-state index contributed by atoms with van der Waals surface area (Å²) < 4.78 is 47.6. The van der Waals surface area contributed by atoms with Gasteiger partial charge in [-0.05, 0) is 42.8 Å². The van der Waals surface area contributed by atoms with Crippen LogP contribution in [0.4, 0.5) is 14.5 Å². The minimum absolute atomic E-state index is 0.00525. The van der Waals surface area contributed by atoms with Gasteiger partial charge >= 0.3 is 5.76 Å². The van der Waals surface area contributed by atoms with E-state index in [2.05, 4.69) is 10.6 Å². The van der Waals surface area contributed by atoms with E-state index in [1.54, 1.807) is 25.1 Å². The van der Waals surface area contributed by atoms with Crippen molar-refractivity contribution in [1.29, 1.82) is 0 Å². The van der Waals surface area contributed by atoms with Gasteiger partial charge < -0.3 is 10.6 Å². The van der Waals surface area contributed by atoms with E-state index >= 15 is 0 Å². The fourth-order valence-electron chi connectivity index (χ4n) is 2.27. The fourth-order valence-corrected chi connectivity index (χ4v) is 2.99. The molecule has 0 unspecified atom stereocenters. The highest BCUT2D eigenvalue weighted by molar-refractivity contribution is 7.91. The van der Waals surface area contributed by atoms with Crippen molar-refractivity contribution in [3.05, 3.63) is 59.7 Å². The van der Waals surface area contributed by atoms with Crippen LogP contribution < -0.4 is 10.6 Å². The molecule has 0 heterocycles. The van der Waals surface area contributed by atoms with Crippen molar-refractivity contribution < 1.29 is 26.8 Å². The molecule has 9 heteroatoms. The molecule has 0 atom stereocenters. The standard InChI is InChI=1S/C18H18F2N2O4S/c1-12-4-2-3-5-15(12)17(24)21-11-10-16(23)22-13-6-8-14(9-7-13)27(25,26)18(19)20/h2-9,18H,10-11H2,1H3,(H,21,24)(H,22,23). The van der Waals surface area contributed by atoms with Crippen LogP contribution in [-0.2, 0) is 14.6 Å². The molecule has 2 N–H and O–H groups in total. The highest BCUT2D eigenvalue weighted by Gasteiger charge is 2.26. The molecular formula is C18H18F2N2O4S. The highest BCUT2D eigenvalue weighted by Crippen LogP contribution is 2.20. The number of rotatable bonds is 7. The van der Waals surface area contributed by atoms with Gasteiger partial charge in [-0.2, -0.15) is 8.78 Å². The summed E-state index contributed by atoms with van der Waals surface area (Å²) in [6.07, 6.45) is -0.00525. The Morgan fingerprint density at radius 3 is 2.26 bits per heavy atom. The average molecular weight is 396 g/mol. The number of anilines is 1. The van der Waals surface area contributed by atoms with Gasteiger partial charge in [0, 0.05) is 24.2 Å². The molecule has 0 radical (unpaired) electrons. The molecule has 0 aromatic heterocycles. The second kappa shape index (κ2) is 8.72. The third-order valence-electron chi connectivity index (χ3n) is 3.73. The lowest BCUT2D eigenvalue weighted by atomic mass is 10.1. The number of aryl methyl sites for hydroxylation is 1. The van der Waals surface area contributed by atoms with Crippen molar-refractivity contribution in [2.75, 3.05) is 11.9 Å². The highest BCUT2D eigenvalue weighted by atomic mass is 32.2. The molecule has 2 aromatic carbocycles. The first kappa shape index (κ1) is 20.5. The van der Waals surface area contributed by atoms with Gasteiger partial charge in [0.05, 0.1) is 4.90 Å². The summed E-state index contributed by atoms with van der Waals surface area (Å²) in [5.41, 5.74) is 1.60. The number of carbonyl (C=O) groups excluding carboxylic acids is 2. The third kappa shape index (κ3) is 5.33. The van der Waals surface area contributed by atoms with E-state index in [0.29, 0.717) is 5.56 Å². The second-order valence-electron chi connectivity index (χ2n) is 5.70. The molecule has 0 saturated heterocycles. The third-order valence-corrected chi connectivity index (χ3v) is 5.13. The van der Waals surface area contributed by atoms with E-state index in [4.69, 9.17) is 0 Å². The van der Waals surface area contributed by atoms with Crippen LogP contribution in [0.15, 0.2) is 53.4 Å². The van der Waals surface area contributed by atoms with Crippen LogP contribution >= 0.6 is 0 Å². The number of alkyl halides is 2. The summed E-state index contributed by atoms with van der Waals surface area (Å²) in [6.45, 7) is 1.91. The number of sulfone groups is 1. The summed E-state index contributed by atoms with van der Waals surface area (Å²) >= 11 is 0. The maximum absolute atomic E-state index is 12.5. The van der Waals surface area contributed by atoms with Crippen LogP contribution in [0.3, 0.4) is 0 Å². The number of hydrogen-bond donors (Lipinski definition) is 2. The Balaban J connectivity index is 1.86. The van der Waals surface area contributed by atoms with E-state index in [9.17, 15) is 26.8 Å². The predicted molar refractivity (Wildman–Crippen MR) is 96.4 cm³/mol. The van der Waals surface area contributed by atoms with Gasteiger partial charge in [-0.3, -0.25) is 9.59 Å². The minimum Gasteiger partial charge on any atom is -0.352 e. The van der Waals surface area contributed by atoms with Crippen LogP contribution in [0.5, 0.6) is 0 Å². The van der Waals surface area contributed by atoms with Crippen LogP contribution in [0, 0.1) is 6.92 Å². The van der Waals surface area contributed by atoms with E-state index < -0.39 is 26.4 Å². The Bertz CT molecular complexity index is 929. The van der Waals surface area contributed by atoms with Gasteiger partial charge in [0.2, 0.25) is 15.7 Å². The smallest absolute Gasteiger partial charge is 0.341 e. The molecule has 0 bridgehead atoms. The van der Waals surface area contributed by atoms with Crippen molar-refractivity contribution in [3.63, 3.8) is 0 Å². The Morgan fingerprint density at radius 1 is 1.04 bits per heavy atom. The lowest BCUT2D eigenvalue weighted by molar-refractivity contribution is -0.116. The van der Waals surface area contributed by atoms with Crippen molar-refractivity contribution in [3.8, 4) is 0 Å². The number of benzene rings is 2. The molecule has 144 valence electrons. The van der Waals surface area contributed by atoms with Crippen LogP contribution in [0.1, 0.15) is 22.3 Å². The molecule has 0 spiro atoms. The second-order valence-corrected chi connectivity index (χ2v) is 7.62. The fraction of sp³-hybridized carbons (Fsp3) is 0.222. The Hall–Kier alpha value is -2.81. The summed E-state index contributed by atoms with van der Waals surface area (Å²) in [6, 6.07) is 11.5.